The first-order chi connectivity index (χ1) is 9.13. The fourth-order valence-corrected chi connectivity index (χ4v) is 5.63. The minimum atomic E-state index is -2.97. The Balaban J connectivity index is 1.88. The molecule has 0 aromatic heterocycles. The highest BCUT2D eigenvalue weighted by molar-refractivity contribution is 8.01. The lowest BCUT2D eigenvalue weighted by Gasteiger charge is -2.36. The van der Waals surface area contributed by atoms with E-state index in [1.807, 2.05) is 0 Å². The number of nitrogens with one attached hydrogen (secondary N) is 1. The molecule has 19 heavy (non-hydrogen) atoms. The highest BCUT2D eigenvalue weighted by Gasteiger charge is 2.32. The fourth-order valence-electron chi connectivity index (χ4n) is 2.52. The molecule has 0 aromatic rings. The predicted molar refractivity (Wildman–Crippen MR) is 79.4 cm³/mol. The van der Waals surface area contributed by atoms with Crippen LogP contribution in [0.3, 0.4) is 0 Å². The summed E-state index contributed by atoms with van der Waals surface area (Å²) in [6.45, 7) is 5.88. The minimum absolute atomic E-state index is 0.236. The number of rotatable bonds is 5. The number of thioether (sulfide) groups is 1. The van der Waals surface area contributed by atoms with Crippen molar-refractivity contribution in [1.29, 1.82) is 0 Å². The second-order valence-electron chi connectivity index (χ2n) is 5.03. The van der Waals surface area contributed by atoms with E-state index in [-0.39, 0.29) is 11.1 Å². The van der Waals surface area contributed by atoms with Crippen molar-refractivity contribution >= 4 is 21.6 Å². The zero-order valence-corrected chi connectivity index (χ0v) is 13.1. The predicted octanol–water partition coefficient (Wildman–Crippen LogP) is 0.175. The van der Waals surface area contributed by atoms with Crippen molar-refractivity contribution in [3.05, 3.63) is 0 Å². The molecule has 0 amide bonds. The third-order valence-electron chi connectivity index (χ3n) is 3.77. The Labute approximate surface area is 120 Å². The van der Waals surface area contributed by atoms with Gasteiger partial charge in [-0.1, -0.05) is 6.92 Å². The van der Waals surface area contributed by atoms with Gasteiger partial charge in [0.25, 0.3) is 0 Å². The van der Waals surface area contributed by atoms with Crippen molar-refractivity contribution in [3.8, 4) is 0 Å². The molecule has 0 radical (unpaired) electrons. The first-order valence-electron chi connectivity index (χ1n) is 6.98. The molecule has 1 N–H and O–H groups in total. The van der Waals surface area contributed by atoms with Crippen LogP contribution in [0, 0.1) is 0 Å². The van der Waals surface area contributed by atoms with Gasteiger partial charge in [-0.05, 0) is 6.42 Å². The molecule has 2 heterocycles. The van der Waals surface area contributed by atoms with Gasteiger partial charge in [0, 0.05) is 42.9 Å². The van der Waals surface area contributed by atoms with Gasteiger partial charge in [0.15, 0.2) is 9.84 Å². The Kier molecular flexibility index (Phi) is 5.95. The summed E-state index contributed by atoms with van der Waals surface area (Å²) >= 11 is 1.75. The van der Waals surface area contributed by atoms with Crippen LogP contribution in [0.25, 0.3) is 0 Å². The Morgan fingerprint density at radius 2 is 2.32 bits per heavy atom. The van der Waals surface area contributed by atoms with Crippen LogP contribution >= 0.6 is 11.8 Å². The van der Waals surface area contributed by atoms with Gasteiger partial charge in [0.2, 0.25) is 0 Å². The number of sulfone groups is 1. The third-order valence-corrected chi connectivity index (χ3v) is 7.10. The molecule has 5 nitrogen and oxygen atoms in total. The molecule has 2 saturated heterocycles. The number of morpholine rings is 1. The molecular weight excluding hydrogens is 284 g/mol. The Hall–Kier alpha value is 0.180. The van der Waals surface area contributed by atoms with Crippen molar-refractivity contribution < 1.29 is 13.2 Å². The van der Waals surface area contributed by atoms with E-state index in [9.17, 15) is 8.42 Å². The van der Waals surface area contributed by atoms with E-state index in [0.29, 0.717) is 11.8 Å². The molecule has 7 heteroatoms. The van der Waals surface area contributed by atoms with Crippen molar-refractivity contribution in [1.82, 2.24) is 10.2 Å². The largest absolute Gasteiger partial charge is 0.379 e. The standard InChI is InChI=1S/C12H24N2O3S2/c1-2-19(15,16)12-10-18-8-6-14(12)5-3-11-9-17-7-4-13-11/h11-13H,2-10H2,1H3. The second-order valence-corrected chi connectivity index (χ2v) is 8.63. The van der Waals surface area contributed by atoms with Crippen LogP contribution < -0.4 is 5.32 Å². The lowest BCUT2D eigenvalue weighted by atomic mass is 10.2. The number of nitrogens with zero attached hydrogens (tertiary/aromatic N) is 1. The average molecular weight is 308 g/mol. The van der Waals surface area contributed by atoms with Gasteiger partial charge in [-0.15, -0.1) is 0 Å². The van der Waals surface area contributed by atoms with Gasteiger partial charge >= 0.3 is 0 Å². The number of ether oxygens (including phenoxy) is 1. The highest BCUT2D eigenvalue weighted by atomic mass is 32.2. The zero-order valence-electron chi connectivity index (χ0n) is 11.5. The third kappa shape index (κ3) is 4.32. The molecule has 0 bridgehead atoms. The van der Waals surface area contributed by atoms with Crippen molar-refractivity contribution in [2.24, 2.45) is 0 Å². The first kappa shape index (κ1) is 15.6. The summed E-state index contributed by atoms with van der Waals surface area (Å²) in [5.74, 6) is 1.98. The lowest BCUT2D eigenvalue weighted by Crippen LogP contribution is -2.50. The second kappa shape index (κ2) is 7.26. The average Bonchev–Trinajstić information content (AvgIpc) is 2.46. The summed E-state index contributed by atoms with van der Waals surface area (Å²) in [7, 11) is -2.97. The van der Waals surface area contributed by atoms with E-state index in [1.165, 1.54) is 0 Å². The molecular formula is C12H24N2O3S2. The molecule has 112 valence electrons. The topological polar surface area (TPSA) is 58.6 Å². The normalized spacial score (nSPS) is 30.4. The van der Waals surface area contributed by atoms with Crippen LogP contribution in [0.4, 0.5) is 0 Å². The molecule has 2 aliphatic heterocycles. The molecule has 0 aromatic carbocycles. The maximum Gasteiger partial charge on any atom is 0.166 e. The zero-order chi connectivity index (χ0) is 13.7. The van der Waals surface area contributed by atoms with Crippen LogP contribution in [0.2, 0.25) is 0 Å². The van der Waals surface area contributed by atoms with Crippen LogP contribution in [-0.2, 0) is 14.6 Å². The van der Waals surface area contributed by atoms with E-state index >= 15 is 0 Å². The van der Waals surface area contributed by atoms with Crippen molar-refractivity contribution in [2.75, 3.05) is 50.1 Å². The quantitative estimate of drug-likeness (QED) is 0.782. The van der Waals surface area contributed by atoms with Crippen LogP contribution in [0.5, 0.6) is 0 Å². The van der Waals surface area contributed by atoms with Gasteiger partial charge in [-0.3, -0.25) is 4.90 Å². The SMILES string of the molecule is CCS(=O)(=O)C1CSCCN1CCC1COCCN1. The van der Waals surface area contributed by atoms with E-state index < -0.39 is 9.84 Å². The van der Waals surface area contributed by atoms with Gasteiger partial charge < -0.3 is 10.1 Å². The summed E-state index contributed by atoms with van der Waals surface area (Å²) < 4.78 is 29.7. The molecule has 0 aliphatic carbocycles. The smallest absolute Gasteiger partial charge is 0.166 e. The van der Waals surface area contributed by atoms with Crippen LogP contribution in [-0.4, -0.2) is 74.8 Å². The van der Waals surface area contributed by atoms with E-state index in [4.69, 9.17) is 4.74 Å². The summed E-state index contributed by atoms with van der Waals surface area (Å²) in [5, 5.41) is 3.13. The molecule has 0 spiro atoms. The maximum atomic E-state index is 12.1. The highest BCUT2D eigenvalue weighted by Crippen LogP contribution is 2.21. The molecule has 2 aliphatic rings. The first-order valence-corrected chi connectivity index (χ1v) is 9.85. The molecule has 0 saturated carbocycles. The molecule has 2 rings (SSSR count). The molecule has 2 unspecified atom stereocenters. The lowest BCUT2D eigenvalue weighted by molar-refractivity contribution is 0.0697. The molecule has 2 fully saturated rings. The van der Waals surface area contributed by atoms with E-state index in [2.05, 4.69) is 10.2 Å². The van der Waals surface area contributed by atoms with Gasteiger partial charge in [-0.25, -0.2) is 8.42 Å². The van der Waals surface area contributed by atoms with Gasteiger partial charge in [0.05, 0.1) is 13.2 Å². The van der Waals surface area contributed by atoms with Gasteiger partial charge in [0.1, 0.15) is 5.37 Å². The van der Waals surface area contributed by atoms with Crippen LogP contribution in [0.15, 0.2) is 0 Å². The Morgan fingerprint density at radius 3 is 3.00 bits per heavy atom. The Morgan fingerprint density at radius 1 is 1.47 bits per heavy atom. The number of hydrogen-bond donors (Lipinski definition) is 1. The summed E-state index contributed by atoms with van der Waals surface area (Å²) in [6.07, 6.45) is 0.959. The van der Waals surface area contributed by atoms with Crippen molar-refractivity contribution in [2.45, 2.75) is 24.8 Å². The van der Waals surface area contributed by atoms with E-state index in [1.54, 1.807) is 18.7 Å². The van der Waals surface area contributed by atoms with E-state index in [0.717, 1.165) is 45.0 Å². The Bertz CT molecular complexity index is 369. The maximum absolute atomic E-state index is 12.1. The summed E-state index contributed by atoms with van der Waals surface area (Å²) in [5.41, 5.74) is 0. The van der Waals surface area contributed by atoms with Crippen LogP contribution in [0.1, 0.15) is 13.3 Å². The number of hydrogen-bond acceptors (Lipinski definition) is 6. The minimum Gasteiger partial charge on any atom is -0.379 e. The summed E-state index contributed by atoms with van der Waals surface area (Å²) in [6, 6.07) is 0.369. The van der Waals surface area contributed by atoms with Gasteiger partial charge in [-0.2, -0.15) is 11.8 Å². The van der Waals surface area contributed by atoms with Crippen molar-refractivity contribution in [3.63, 3.8) is 0 Å². The molecule has 2 atom stereocenters. The fraction of sp³-hybridized carbons (Fsp3) is 1.00. The monoisotopic (exact) mass is 308 g/mol. The summed E-state index contributed by atoms with van der Waals surface area (Å²) in [4.78, 5) is 2.14.